The molecule has 3 N–H and O–H groups in total. The summed E-state index contributed by atoms with van der Waals surface area (Å²) in [5.41, 5.74) is 0.518. The number of ether oxygens (including phenoxy) is 1. The average Bonchev–Trinajstić information content (AvgIpc) is 2.69. The smallest absolute Gasteiger partial charge is 0.408 e. The molecule has 0 radical (unpaired) electrons. The Morgan fingerprint density at radius 3 is 2.42 bits per heavy atom. The molecule has 170 valence electrons. The van der Waals surface area contributed by atoms with Gasteiger partial charge in [0.15, 0.2) is 11.6 Å². The lowest BCUT2D eigenvalue weighted by atomic mass is 9.94. The number of hydrogen-bond acceptors (Lipinski definition) is 4. The first-order valence-electron chi connectivity index (χ1n) is 10.0. The number of amides is 1. The molecule has 6 nitrogen and oxygen atoms in total. The molecule has 0 heterocycles. The van der Waals surface area contributed by atoms with Crippen molar-refractivity contribution in [2.45, 2.75) is 51.4 Å². The van der Waals surface area contributed by atoms with Gasteiger partial charge in [0.25, 0.3) is 0 Å². The van der Waals surface area contributed by atoms with E-state index in [0.717, 1.165) is 22.6 Å². The molecule has 0 saturated carbocycles. The lowest BCUT2D eigenvalue weighted by molar-refractivity contribution is 0.00767. The van der Waals surface area contributed by atoms with Crippen molar-refractivity contribution in [2.24, 2.45) is 0 Å². The van der Waals surface area contributed by atoms with Crippen LogP contribution >= 0.6 is 0 Å². The molecule has 2 aromatic rings. The number of aliphatic hydroxyl groups excluding tert-OH is 1. The van der Waals surface area contributed by atoms with Gasteiger partial charge in [-0.15, -0.1) is 0 Å². The SMILES string of the molecule is COc1cccc(CNC[C@H](O)[C@H](Cc2ccc(F)c(F)c2)N(C(=O)O)C(C)(C)C)c1. The van der Waals surface area contributed by atoms with Crippen LogP contribution in [0.1, 0.15) is 31.9 Å². The van der Waals surface area contributed by atoms with Gasteiger partial charge in [-0.2, -0.15) is 0 Å². The molecule has 1 amide bonds. The molecule has 0 aromatic heterocycles. The van der Waals surface area contributed by atoms with Crippen LogP contribution in [0.5, 0.6) is 5.75 Å². The number of hydrogen-bond donors (Lipinski definition) is 3. The Hall–Kier alpha value is -2.71. The van der Waals surface area contributed by atoms with Crippen LogP contribution in [0.2, 0.25) is 0 Å². The summed E-state index contributed by atoms with van der Waals surface area (Å²) in [6, 6.07) is 9.98. The Balaban J connectivity index is 2.19. The Labute approximate surface area is 181 Å². The summed E-state index contributed by atoms with van der Waals surface area (Å²) in [6.07, 6.45) is -2.26. The fourth-order valence-electron chi connectivity index (χ4n) is 3.52. The number of rotatable bonds is 9. The number of nitrogens with one attached hydrogen (secondary N) is 1. The number of carbonyl (C=O) groups is 1. The minimum Gasteiger partial charge on any atom is -0.497 e. The lowest BCUT2D eigenvalue weighted by Crippen LogP contribution is -2.58. The van der Waals surface area contributed by atoms with Crippen molar-refractivity contribution in [1.29, 1.82) is 0 Å². The van der Waals surface area contributed by atoms with Crippen LogP contribution in [0.15, 0.2) is 42.5 Å². The molecule has 0 aliphatic rings. The molecule has 31 heavy (non-hydrogen) atoms. The van der Waals surface area contributed by atoms with Crippen molar-refractivity contribution < 1.29 is 28.5 Å². The fraction of sp³-hybridized carbons (Fsp3) is 0.435. The number of carboxylic acid groups (broad SMARTS) is 1. The van der Waals surface area contributed by atoms with Crippen molar-refractivity contribution in [3.8, 4) is 5.75 Å². The first-order chi connectivity index (χ1) is 14.5. The summed E-state index contributed by atoms with van der Waals surface area (Å²) in [5.74, 6) is -1.29. The summed E-state index contributed by atoms with van der Waals surface area (Å²) < 4.78 is 32.2. The van der Waals surface area contributed by atoms with Gasteiger partial charge in [0.05, 0.1) is 19.3 Å². The molecule has 0 aliphatic carbocycles. The van der Waals surface area contributed by atoms with Gasteiger partial charge in [0.2, 0.25) is 0 Å². The van der Waals surface area contributed by atoms with Crippen molar-refractivity contribution in [1.82, 2.24) is 10.2 Å². The maximum Gasteiger partial charge on any atom is 0.408 e. The monoisotopic (exact) mass is 436 g/mol. The van der Waals surface area contributed by atoms with E-state index in [-0.39, 0.29) is 13.0 Å². The molecule has 8 heteroatoms. The summed E-state index contributed by atoms with van der Waals surface area (Å²) >= 11 is 0. The third kappa shape index (κ3) is 6.90. The molecule has 2 atom stereocenters. The largest absolute Gasteiger partial charge is 0.497 e. The van der Waals surface area contributed by atoms with Crippen LogP contribution in [0, 0.1) is 11.6 Å². The maximum atomic E-state index is 13.7. The van der Waals surface area contributed by atoms with E-state index in [9.17, 15) is 23.8 Å². The molecule has 0 fully saturated rings. The quantitative estimate of drug-likeness (QED) is 0.557. The first kappa shape index (κ1) is 24.6. The van der Waals surface area contributed by atoms with Crippen LogP contribution < -0.4 is 10.1 Å². The highest BCUT2D eigenvalue weighted by atomic mass is 19.2. The van der Waals surface area contributed by atoms with Gasteiger partial charge >= 0.3 is 6.09 Å². The third-order valence-electron chi connectivity index (χ3n) is 4.95. The van der Waals surface area contributed by atoms with E-state index in [2.05, 4.69) is 5.32 Å². The zero-order chi connectivity index (χ0) is 23.2. The normalized spacial score (nSPS) is 13.5. The predicted octanol–water partition coefficient (Wildman–Crippen LogP) is 3.81. The Morgan fingerprint density at radius 1 is 1.13 bits per heavy atom. The second kappa shape index (κ2) is 10.5. The van der Waals surface area contributed by atoms with Crippen LogP contribution in [0.25, 0.3) is 0 Å². The van der Waals surface area contributed by atoms with E-state index in [0.29, 0.717) is 17.9 Å². The molecule has 2 aromatic carbocycles. The van der Waals surface area contributed by atoms with Crippen LogP contribution in [-0.4, -0.2) is 52.5 Å². The van der Waals surface area contributed by atoms with Crippen molar-refractivity contribution in [3.05, 3.63) is 65.2 Å². The van der Waals surface area contributed by atoms with Gasteiger partial charge in [-0.05, 0) is 62.6 Å². The van der Waals surface area contributed by atoms with Crippen molar-refractivity contribution in [2.75, 3.05) is 13.7 Å². The third-order valence-corrected chi connectivity index (χ3v) is 4.95. The van der Waals surface area contributed by atoms with Crippen LogP contribution in [0.3, 0.4) is 0 Å². The predicted molar refractivity (Wildman–Crippen MR) is 114 cm³/mol. The van der Waals surface area contributed by atoms with Crippen molar-refractivity contribution in [3.63, 3.8) is 0 Å². The van der Waals surface area contributed by atoms with E-state index in [1.165, 1.54) is 6.07 Å². The van der Waals surface area contributed by atoms with E-state index >= 15 is 0 Å². The second-order valence-electron chi connectivity index (χ2n) is 8.39. The molecule has 0 saturated heterocycles. The number of halogens is 2. The molecular weight excluding hydrogens is 406 g/mol. The number of benzene rings is 2. The summed E-state index contributed by atoms with van der Waals surface area (Å²) in [4.78, 5) is 13.2. The maximum absolute atomic E-state index is 13.7. The summed E-state index contributed by atoms with van der Waals surface area (Å²) in [5, 5.41) is 23.8. The first-order valence-corrected chi connectivity index (χ1v) is 10.0. The summed E-state index contributed by atoms with van der Waals surface area (Å²) in [6.45, 7) is 5.70. The standard InChI is InChI=1S/C23H30F2N2O4/c1-23(2,3)27(22(29)30)20(12-15-8-9-18(24)19(25)11-15)21(28)14-26-13-16-6-5-7-17(10-16)31-4/h5-11,20-21,26,28H,12-14H2,1-4H3,(H,29,30)/t20-,21-/m0/s1. The van der Waals surface area contributed by atoms with Gasteiger partial charge in [0.1, 0.15) is 5.75 Å². The zero-order valence-corrected chi connectivity index (χ0v) is 18.2. The second-order valence-corrected chi connectivity index (χ2v) is 8.39. The average molecular weight is 436 g/mol. The van der Waals surface area contributed by atoms with Crippen molar-refractivity contribution >= 4 is 6.09 Å². The van der Waals surface area contributed by atoms with Crippen LogP contribution in [0.4, 0.5) is 13.6 Å². The lowest BCUT2D eigenvalue weighted by Gasteiger charge is -2.42. The minimum atomic E-state index is -1.20. The highest BCUT2D eigenvalue weighted by molar-refractivity contribution is 5.66. The van der Waals surface area contributed by atoms with Gasteiger partial charge in [-0.3, -0.25) is 4.90 Å². The van der Waals surface area contributed by atoms with Gasteiger partial charge < -0.3 is 20.3 Å². The molecule has 2 rings (SSSR count). The van der Waals surface area contributed by atoms with Crippen LogP contribution in [-0.2, 0) is 13.0 Å². The zero-order valence-electron chi connectivity index (χ0n) is 18.2. The summed E-state index contributed by atoms with van der Waals surface area (Å²) in [7, 11) is 1.58. The van der Waals surface area contributed by atoms with E-state index in [1.807, 2.05) is 24.3 Å². The number of nitrogens with zero attached hydrogens (tertiary/aromatic N) is 1. The Bertz CT molecular complexity index is 886. The fourth-order valence-corrected chi connectivity index (χ4v) is 3.52. The highest BCUT2D eigenvalue weighted by Gasteiger charge is 2.37. The van der Waals surface area contributed by atoms with Gasteiger partial charge in [-0.25, -0.2) is 13.6 Å². The molecule has 0 spiro atoms. The highest BCUT2D eigenvalue weighted by Crippen LogP contribution is 2.23. The molecule has 0 unspecified atom stereocenters. The molecule has 0 bridgehead atoms. The minimum absolute atomic E-state index is 0.0305. The molecular formula is C23H30F2N2O4. The van der Waals surface area contributed by atoms with Gasteiger partial charge in [0, 0.05) is 18.6 Å². The Morgan fingerprint density at radius 2 is 1.84 bits per heavy atom. The number of aliphatic hydroxyl groups is 1. The van der Waals surface area contributed by atoms with E-state index < -0.39 is 35.4 Å². The Kier molecular flexibility index (Phi) is 8.36. The van der Waals surface area contributed by atoms with E-state index in [1.54, 1.807) is 27.9 Å². The topological polar surface area (TPSA) is 82.0 Å². The van der Waals surface area contributed by atoms with E-state index in [4.69, 9.17) is 4.74 Å². The molecule has 0 aliphatic heterocycles. The van der Waals surface area contributed by atoms with Gasteiger partial charge in [-0.1, -0.05) is 18.2 Å². The number of methoxy groups -OCH3 is 1.